The van der Waals surface area contributed by atoms with Crippen molar-refractivity contribution < 1.29 is 24.0 Å². The normalized spacial score (nSPS) is 37.5. The molecule has 0 spiro atoms. The van der Waals surface area contributed by atoms with Crippen LogP contribution in [-0.2, 0) is 32.7 Å². The van der Waals surface area contributed by atoms with Crippen LogP contribution in [0.2, 0.25) is 0 Å². The van der Waals surface area contributed by atoms with Gasteiger partial charge in [0.15, 0.2) is 12.4 Å². The van der Waals surface area contributed by atoms with E-state index in [9.17, 15) is 9.59 Å². The van der Waals surface area contributed by atoms with Crippen LogP contribution in [0.1, 0.15) is 77.3 Å². The third kappa shape index (κ3) is 3.34. The van der Waals surface area contributed by atoms with Gasteiger partial charge in [0.2, 0.25) is 6.54 Å². The number of carboxylic acid groups (broad SMARTS) is 1. The maximum Gasteiger partial charge on any atom is 0.370 e. The number of nitrogens with zero attached hydrogens (tertiary/aromatic N) is 1. The number of carboxylic acids is 1. The Morgan fingerprint density at radius 3 is 2.63 bits per heavy atom. The van der Waals surface area contributed by atoms with Crippen molar-refractivity contribution in [2.24, 2.45) is 22.7 Å². The number of ether oxygens (including phenoxy) is 1. The molecule has 3 aliphatic rings. The minimum atomic E-state index is -0.804. The monoisotopic (exact) mass is 414 g/mol. The molecule has 0 saturated heterocycles. The summed E-state index contributed by atoms with van der Waals surface area (Å²) in [5, 5.41) is 9.15. The molecule has 2 saturated carbocycles. The number of aliphatic carboxylic acids is 1. The van der Waals surface area contributed by atoms with Crippen LogP contribution in [0.3, 0.4) is 0 Å². The molecule has 0 bridgehead atoms. The van der Waals surface area contributed by atoms with Gasteiger partial charge in [-0.2, -0.15) is 4.57 Å². The molecule has 3 aliphatic carbocycles. The summed E-state index contributed by atoms with van der Waals surface area (Å²) in [6.45, 7) is 9.35. The molecule has 0 unspecified atom stereocenters. The third-order valence-corrected chi connectivity index (χ3v) is 8.96. The lowest BCUT2D eigenvalue weighted by molar-refractivity contribution is -0.686. The number of rotatable bonds is 4. The molecule has 2 fully saturated rings. The minimum absolute atomic E-state index is 0.0156. The summed E-state index contributed by atoms with van der Waals surface area (Å²) < 4.78 is 7.35. The second kappa shape index (κ2) is 7.35. The SMILES string of the molecule is CC(=O)OC[C@@]1(C)CCC[C@]2(C)[C@H]3CCc4c[n+](CC(=O)O)ccc4[C@]3(C)CC[C@@H]12. The summed E-state index contributed by atoms with van der Waals surface area (Å²) in [5.41, 5.74) is 3.16. The maximum atomic E-state index is 11.5. The van der Waals surface area contributed by atoms with Crippen LogP contribution in [0.15, 0.2) is 18.5 Å². The van der Waals surface area contributed by atoms with E-state index in [2.05, 4.69) is 33.0 Å². The number of carbonyl (C=O) groups is 2. The highest BCUT2D eigenvalue weighted by Crippen LogP contribution is 2.66. The second-order valence-electron chi connectivity index (χ2n) is 10.8. The lowest BCUT2D eigenvalue weighted by atomic mass is 9.40. The second-order valence-corrected chi connectivity index (χ2v) is 10.8. The zero-order valence-corrected chi connectivity index (χ0v) is 18.9. The lowest BCUT2D eigenvalue weighted by Gasteiger charge is -2.64. The molecule has 1 aromatic rings. The van der Waals surface area contributed by atoms with Gasteiger partial charge in [0.25, 0.3) is 0 Å². The molecule has 0 amide bonds. The molecule has 164 valence electrons. The Hall–Kier alpha value is -1.91. The molecule has 5 atom stereocenters. The molecule has 0 radical (unpaired) electrons. The Morgan fingerprint density at radius 1 is 1.17 bits per heavy atom. The lowest BCUT2D eigenvalue weighted by Crippen LogP contribution is -2.59. The van der Waals surface area contributed by atoms with Crippen LogP contribution in [0.5, 0.6) is 0 Å². The number of pyridine rings is 1. The molecule has 4 rings (SSSR count). The van der Waals surface area contributed by atoms with Gasteiger partial charge in [-0.15, -0.1) is 0 Å². The first-order valence-corrected chi connectivity index (χ1v) is 11.5. The highest BCUT2D eigenvalue weighted by molar-refractivity contribution is 5.66. The van der Waals surface area contributed by atoms with Crippen LogP contribution < -0.4 is 4.57 Å². The third-order valence-electron chi connectivity index (χ3n) is 8.96. The van der Waals surface area contributed by atoms with Crippen LogP contribution >= 0.6 is 0 Å². The predicted molar refractivity (Wildman–Crippen MR) is 113 cm³/mol. The van der Waals surface area contributed by atoms with Gasteiger partial charge in [-0.3, -0.25) is 4.79 Å². The van der Waals surface area contributed by atoms with Crippen molar-refractivity contribution in [2.75, 3.05) is 6.61 Å². The highest BCUT2D eigenvalue weighted by atomic mass is 16.5. The Labute approximate surface area is 179 Å². The molecule has 1 aromatic heterocycles. The Bertz CT molecular complexity index is 867. The standard InChI is InChI=1S/C25H35NO4/c1-17(27)30-16-23(2)10-5-11-25(4)20(23)8-12-24(3)19-9-13-26(15-22(28)29)14-18(19)6-7-21(24)25/h9,13-14,20-21H,5-8,10-12,15-16H2,1-4H3/p+1/t20-,21-,23+,24-,25-/m0/s1. The Morgan fingerprint density at radius 2 is 1.93 bits per heavy atom. The Balaban J connectivity index is 1.66. The van der Waals surface area contributed by atoms with Gasteiger partial charge in [-0.1, -0.05) is 27.2 Å². The molecule has 1 N–H and O–H groups in total. The summed E-state index contributed by atoms with van der Waals surface area (Å²) in [4.78, 5) is 22.6. The van der Waals surface area contributed by atoms with Crippen LogP contribution in [0.25, 0.3) is 0 Å². The van der Waals surface area contributed by atoms with Crippen molar-refractivity contribution in [1.29, 1.82) is 0 Å². The summed E-state index contributed by atoms with van der Waals surface area (Å²) in [7, 11) is 0. The number of hydrogen-bond donors (Lipinski definition) is 1. The maximum absolute atomic E-state index is 11.5. The van der Waals surface area contributed by atoms with E-state index in [-0.39, 0.29) is 28.8 Å². The van der Waals surface area contributed by atoms with E-state index >= 15 is 0 Å². The van der Waals surface area contributed by atoms with Crippen LogP contribution in [-0.4, -0.2) is 23.7 Å². The zero-order valence-electron chi connectivity index (χ0n) is 18.9. The molecule has 1 heterocycles. The van der Waals surface area contributed by atoms with Gasteiger partial charge in [-0.25, -0.2) is 4.79 Å². The van der Waals surface area contributed by atoms with Gasteiger partial charge in [0.05, 0.1) is 6.61 Å². The minimum Gasteiger partial charge on any atom is -0.477 e. The summed E-state index contributed by atoms with van der Waals surface area (Å²) >= 11 is 0. The fourth-order valence-corrected chi connectivity index (χ4v) is 7.77. The average Bonchev–Trinajstić information content (AvgIpc) is 2.65. The fourth-order valence-electron chi connectivity index (χ4n) is 7.77. The molecule has 0 aliphatic heterocycles. The van der Waals surface area contributed by atoms with Crippen molar-refractivity contribution in [3.05, 3.63) is 29.6 Å². The molecule has 5 heteroatoms. The van der Waals surface area contributed by atoms with E-state index in [1.165, 1.54) is 30.9 Å². The van der Waals surface area contributed by atoms with E-state index in [0.29, 0.717) is 18.4 Å². The van der Waals surface area contributed by atoms with Crippen molar-refractivity contribution in [3.8, 4) is 0 Å². The van der Waals surface area contributed by atoms with E-state index in [1.54, 1.807) is 4.57 Å². The summed E-state index contributed by atoms with van der Waals surface area (Å²) in [6.07, 6.45) is 12.0. The number of carbonyl (C=O) groups excluding carboxylic acids is 1. The smallest absolute Gasteiger partial charge is 0.370 e. The number of esters is 1. The summed E-state index contributed by atoms with van der Waals surface area (Å²) in [6, 6.07) is 2.19. The van der Waals surface area contributed by atoms with Crippen LogP contribution in [0, 0.1) is 22.7 Å². The van der Waals surface area contributed by atoms with E-state index in [4.69, 9.17) is 9.84 Å². The highest BCUT2D eigenvalue weighted by Gasteiger charge is 2.61. The van der Waals surface area contributed by atoms with E-state index in [1.807, 2.05) is 6.20 Å². The number of aryl methyl sites for hydroxylation is 1. The number of aromatic nitrogens is 1. The molecule has 5 nitrogen and oxygen atoms in total. The van der Waals surface area contributed by atoms with Crippen LogP contribution in [0.4, 0.5) is 0 Å². The van der Waals surface area contributed by atoms with E-state index in [0.717, 1.165) is 32.1 Å². The molecule has 30 heavy (non-hydrogen) atoms. The van der Waals surface area contributed by atoms with Crippen molar-refractivity contribution >= 4 is 11.9 Å². The fraction of sp³-hybridized carbons (Fsp3) is 0.720. The topological polar surface area (TPSA) is 67.5 Å². The molecular formula is C25H36NO4+. The number of hydrogen-bond acceptors (Lipinski definition) is 3. The number of fused-ring (bicyclic) bond motifs is 5. The first-order valence-electron chi connectivity index (χ1n) is 11.5. The zero-order chi connectivity index (χ0) is 21.7. The average molecular weight is 415 g/mol. The van der Waals surface area contributed by atoms with Crippen molar-refractivity contribution in [3.63, 3.8) is 0 Å². The predicted octanol–water partition coefficient (Wildman–Crippen LogP) is 4.05. The van der Waals surface area contributed by atoms with Gasteiger partial charge in [-0.05, 0) is 66.8 Å². The quantitative estimate of drug-likeness (QED) is 0.596. The first-order chi connectivity index (χ1) is 14.1. The van der Waals surface area contributed by atoms with Crippen molar-refractivity contribution in [1.82, 2.24) is 0 Å². The van der Waals surface area contributed by atoms with Gasteiger partial charge >= 0.3 is 11.9 Å². The van der Waals surface area contributed by atoms with Crippen molar-refractivity contribution in [2.45, 2.75) is 84.6 Å². The van der Waals surface area contributed by atoms with Gasteiger partial charge < -0.3 is 9.84 Å². The first kappa shape index (κ1) is 21.3. The molecular weight excluding hydrogens is 378 g/mol. The Kier molecular flexibility index (Phi) is 5.22. The summed E-state index contributed by atoms with van der Waals surface area (Å²) in [5.74, 6) is 0.189. The largest absolute Gasteiger partial charge is 0.477 e. The van der Waals surface area contributed by atoms with Gasteiger partial charge in [0.1, 0.15) is 0 Å². The van der Waals surface area contributed by atoms with Gasteiger partial charge in [0, 0.05) is 24.0 Å². The molecule has 0 aromatic carbocycles. The van der Waals surface area contributed by atoms with E-state index < -0.39 is 5.97 Å².